The topological polar surface area (TPSA) is 94.6 Å². The van der Waals surface area contributed by atoms with Crippen LogP contribution < -0.4 is 10.2 Å². The molecule has 8 heteroatoms. The Kier molecular flexibility index (Phi) is 4.81. The first-order valence-electron chi connectivity index (χ1n) is 10.5. The molecule has 7 nitrogen and oxygen atoms in total. The lowest BCUT2D eigenvalue weighted by Crippen LogP contribution is -2.28. The molecule has 0 spiro atoms. The summed E-state index contributed by atoms with van der Waals surface area (Å²) in [6.45, 7) is 4.15. The van der Waals surface area contributed by atoms with E-state index in [0.717, 1.165) is 5.56 Å². The van der Waals surface area contributed by atoms with Gasteiger partial charge in [0.15, 0.2) is 11.6 Å². The molecule has 0 fully saturated rings. The Hall–Kier alpha value is -3.94. The van der Waals surface area contributed by atoms with E-state index in [1.165, 1.54) is 18.4 Å². The Morgan fingerprint density at radius 2 is 1.91 bits per heavy atom. The number of rotatable bonds is 4. The average molecular weight is 448 g/mol. The summed E-state index contributed by atoms with van der Waals surface area (Å²) in [5.41, 5.74) is 1.10. The van der Waals surface area contributed by atoms with Gasteiger partial charge in [-0.05, 0) is 41.7 Å². The largest absolute Gasteiger partial charge is 0.489 e. The van der Waals surface area contributed by atoms with Crippen molar-refractivity contribution in [1.82, 2.24) is 9.71 Å². The van der Waals surface area contributed by atoms with Gasteiger partial charge in [0.1, 0.15) is 41.3 Å². The summed E-state index contributed by atoms with van der Waals surface area (Å²) in [7, 11) is 0. The third kappa shape index (κ3) is 3.77. The fourth-order valence-electron chi connectivity index (χ4n) is 4.17. The number of fused-ring (bicyclic) bond motifs is 2. The molecule has 0 saturated heterocycles. The molecular formula is C25H21FN2O5. The van der Waals surface area contributed by atoms with Crippen molar-refractivity contribution in [3.05, 3.63) is 81.7 Å². The molecule has 1 aliphatic rings. The summed E-state index contributed by atoms with van der Waals surface area (Å²) in [4.78, 5) is 30.1. The highest BCUT2D eigenvalue weighted by atomic mass is 19.1. The molecule has 5 rings (SSSR count). The van der Waals surface area contributed by atoms with E-state index in [9.17, 15) is 19.2 Å². The lowest BCUT2D eigenvalue weighted by Gasteiger charge is -2.27. The molecule has 1 N–H and O–H groups in total. The van der Waals surface area contributed by atoms with Gasteiger partial charge in [-0.1, -0.05) is 26.0 Å². The predicted octanol–water partition coefficient (Wildman–Crippen LogP) is 4.77. The van der Waals surface area contributed by atoms with Gasteiger partial charge in [0.2, 0.25) is 5.43 Å². The van der Waals surface area contributed by atoms with Crippen molar-refractivity contribution in [2.45, 2.75) is 33.3 Å². The summed E-state index contributed by atoms with van der Waals surface area (Å²) in [6.07, 6.45) is 2.03. The van der Waals surface area contributed by atoms with Gasteiger partial charge < -0.3 is 14.4 Å². The van der Waals surface area contributed by atoms with Crippen molar-refractivity contribution in [1.29, 1.82) is 0 Å². The number of carbonyl (C=O) groups is 1. The van der Waals surface area contributed by atoms with Crippen LogP contribution in [-0.4, -0.2) is 20.7 Å². The molecule has 1 aliphatic carbocycles. The Morgan fingerprint density at radius 3 is 2.67 bits per heavy atom. The number of nitrogens with zero attached hydrogens (tertiary/aromatic N) is 2. The predicted molar refractivity (Wildman–Crippen MR) is 118 cm³/mol. The zero-order valence-corrected chi connectivity index (χ0v) is 18.1. The van der Waals surface area contributed by atoms with Crippen molar-refractivity contribution in [2.75, 3.05) is 0 Å². The quantitative estimate of drug-likeness (QED) is 0.452. The van der Waals surface area contributed by atoms with E-state index in [4.69, 9.17) is 9.15 Å². The van der Waals surface area contributed by atoms with Crippen LogP contribution in [0, 0.1) is 11.2 Å². The highest BCUT2D eigenvalue weighted by Gasteiger charge is 2.36. The van der Waals surface area contributed by atoms with E-state index in [1.807, 2.05) is 13.8 Å². The summed E-state index contributed by atoms with van der Waals surface area (Å²) in [5.74, 6) is -0.0666. The Morgan fingerprint density at radius 1 is 1.15 bits per heavy atom. The molecule has 0 aliphatic heterocycles. The molecule has 2 aromatic carbocycles. The number of halogens is 1. The van der Waals surface area contributed by atoms with Crippen LogP contribution >= 0.6 is 0 Å². The lowest BCUT2D eigenvalue weighted by molar-refractivity contribution is 0.0858. The smallest absolute Gasteiger partial charge is 0.203 e. The van der Waals surface area contributed by atoms with Gasteiger partial charge in [-0.2, -0.15) is 4.73 Å². The Bertz CT molecular complexity index is 1450. The molecule has 4 aromatic rings. The van der Waals surface area contributed by atoms with Gasteiger partial charge in [-0.3, -0.25) is 9.59 Å². The van der Waals surface area contributed by atoms with Crippen molar-refractivity contribution >= 4 is 16.8 Å². The minimum atomic E-state index is -0.384. The highest BCUT2D eigenvalue weighted by Crippen LogP contribution is 2.36. The zero-order valence-electron chi connectivity index (χ0n) is 18.1. The first-order chi connectivity index (χ1) is 15.7. The number of carbonyl (C=O) groups excluding carboxylic acids is 1. The van der Waals surface area contributed by atoms with E-state index < -0.39 is 0 Å². The second-order valence-electron chi connectivity index (χ2n) is 9.04. The van der Waals surface area contributed by atoms with Crippen LogP contribution in [0.4, 0.5) is 4.39 Å². The van der Waals surface area contributed by atoms with E-state index in [1.54, 1.807) is 30.3 Å². The molecule has 0 radical (unpaired) electrons. The van der Waals surface area contributed by atoms with E-state index >= 15 is 0 Å². The first kappa shape index (κ1) is 20.9. The molecule has 2 aromatic heterocycles. The van der Waals surface area contributed by atoms with Gasteiger partial charge in [0.25, 0.3) is 0 Å². The molecule has 0 bridgehead atoms. The van der Waals surface area contributed by atoms with Crippen LogP contribution in [0.15, 0.2) is 57.9 Å². The van der Waals surface area contributed by atoms with Gasteiger partial charge in [-0.25, -0.2) is 9.37 Å². The normalized spacial score (nSPS) is 14.9. The van der Waals surface area contributed by atoms with Crippen LogP contribution in [0.2, 0.25) is 0 Å². The zero-order chi connectivity index (χ0) is 23.3. The van der Waals surface area contributed by atoms with E-state index in [2.05, 4.69) is 4.98 Å². The standard InChI is InChI=1S/C25H21FN2O5/c1-25(2)10-19-22(20(29)11-25)28(31)24(27-19)18-13-33-21-9-16(7-8-17(21)23(18)30)32-12-14-3-5-15(26)6-4-14/h3-9,13,31H,10-12H2,1-2H3. The maximum atomic E-state index is 13.1. The molecule has 2 heterocycles. The molecule has 0 saturated carbocycles. The number of ketones is 1. The van der Waals surface area contributed by atoms with E-state index in [0.29, 0.717) is 34.6 Å². The Balaban J connectivity index is 1.47. The lowest BCUT2D eigenvalue weighted by atomic mass is 9.77. The van der Waals surface area contributed by atoms with Crippen molar-refractivity contribution in [2.24, 2.45) is 5.41 Å². The maximum Gasteiger partial charge on any atom is 0.203 e. The molecule has 0 atom stereocenters. The second-order valence-corrected chi connectivity index (χ2v) is 9.04. The number of ether oxygens (including phenoxy) is 1. The highest BCUT2D eigenvalue weighted by molar-refractivity contribution is 5.98. The van der Waals surface area contributed by atoms with Crippen LogP contribution in [0.1, 0.15) is 42.0 Å². The summed E-state index contributed by atoms with van der Waals surface area (Å²) >= 11 is 0. The maximum absolute atomic E-state index is 13.1. The Labute approximate surface area is 188 Å². The first-order valence-corrected chi connectivity index (χ1v) is 10.5. The molecule has 33 heavy (non-hydrogen) atoms. The minimum absolute atomic E-state index is 0.0154. The molecule has 168 valence electrons. The number of aromatic nitrogens is 2. The summed E-state index contributed by atoms with van der Waals surface area (Å²) in [5, 5.41) is 10.9. The monoisotopic (exact) mass is 448 g/mol. The van der Waals surface area contributed by atoms with Crippen LogP contribution in [-0.2, 0) is 13.0 Å². The SMILES string of the molecule is CC1(C)CC(=O)c2c(nc(-c3coc4cc(OCc5ccc(F)cc5)ccc4c3=O)n2O)C1. The summed E-state index contributed by atoms with van der Waals surface area (Å²) in [6, 6.07) is 10.8. The molecule has 0 amide bonds. The second kappa shape index (κ2) is 7.58. The van der Waals surface area contributed by atoms with Crippen molar-refractivity contribution in [3.63, 3.8) is 0 Å². The fourth-order valence-corrected chi connectivity index (χ4v) is 4.17. The number of benzene rings is 2. The molecular weight excluding hydrogens is 427 g/mol. The third-order valence-electron chi connectivity index (χ3n) is 5.78. The van der Waals surface area contributed by atoms with Gasteiger partial charge in [0, 0.05) is 12.5 Å². The third-order valence-corrected chi connectivity index (χ3v) is 5.78. The number of Topliss-reactive ketones (excluding diaryl/α,β-unsaturated/α-hetero) is 1. The molecule has 0 unspecified atom stereocenters. The van der Waals surface area contributed by atoms with Crippen molar-refractivity contribution in [3.8, 4) is 17.1 Å². The van der Waals surface area contributed by atoms with Crippen molar-refractivity contribution < 1.29 is 23.5 Å². The minimum Gasteiger partial charge on any atom is -0.489 e. The van der Waals surface area contributed by atoms with Gasteiger partial charge in [-0.15, -0.1) is 0 Å². The van der Waals surface area contributed by atoms with Crippen LogP contribution in [0.5, 0.6) is 5.75 Å². The summed E-state index contributed by atoms with van der Waals surface area (Å²) < 4.78 is 25.1. The van der Waals surface area contributed by atoms with E-state index in [-0.39, 0.29) is 51.5 Å². The van der Waals surface area contributed by atoms with Crippen LogP contribution in [0.3, 0.4) is 0 Å². The number of hydrogen-bond donors (Lipinski definition) is 1. The number of imidazole rings is 1. The average Bonchev–Trinajstić information content (AvgIpc) is 3.08. The van der Waals surface area contributed by atoms with Gasteiger partial charge >= 0.3 is 0 Å². The fraction of sp³-hybridized carbons (Fsp3) is 0.240. The van der Waals surface area contributed by atoms with Gasteiger partial charge in [0.05, 0.1) is 11.1 Å². The number of hydrogen-bond acceptors (Lipinski definition) is 6. The van der Waals surface area contributed by atoms with Crippen LogP contribution in [0.25, 0.3) is 22.4 Å².